The number of amidine groups is 1. The number of hydrogen-bond donors (Lipinski definition) is 1. The van der Waals surface area contributed by atoms with Crippen molar-refractivity contribution in [1.29, 1.82) is 0 Å². The Kier molecular flexibility index (Phi) is 4.31. The van der Waals surface area contributed by atoms with Crippen molar-refractivity contribution in [3.05, 3.63) is 40.6 Å². The molecule has 1 aliphatic rings. The minimum Gasteiger partial charge on any atom is -0.377 e. The van der Waals surface area contributed by atoms with E-state index in [4.69, 9.17) is 21.9 Å². The zero-order valence-corrected chi connectivity index (χ0v) is 15.1. The first-order valence-corrected chi connectivity index (χ1v) is 8.65. The number of carbonyl (C=O) groups excluding carboxylic acids is 1. The topological polar surface area (TPSA) is 84.7 Å². The number of hydrogen-bond acceptors (Lipinski definition) is 6. The van der Waals surface area contributed by atoms with E-state index >= 15 is 0 Å². The summed E-state index contributed by atoms with van der Waals surface area (Å²) in [6.45, 7) is 5.61. The lowest BCUT2D eigenvalue weighted by Gasteiger charge is -2.30. The van der Waals surface area contributed by atoms with Crippen LogP contribution in [-0.2, 0) is 0 Å². The van der Waals surface area contributed by atoms with Crippen molar-refractivity contribution in [3.8, 4) is 11.3 Å². The van der Waals surface area contributed by atoms with E-state index in [-0.39, 0.29) is 5.91 Å². The molecule has 0 spiro atoms. The normalized spacial score (nSPS) is 20.3. The second-order valence-corrected chi connectivity index (χ2v) is 7.54. The fourth-order valence-corrected chi connectivity index (χ4v) is 3.70. The number of rotatable bonds is 3. The summed E-state index contributed by atoms with van der Waals surface area (Å²) in [6, 6.07) is 7.19. The average Bonchev–Trinajstić information content (AvgIpc) is 3.07. The Morgan fingerprint density at radius 1 is 1.46 bits per heavy atom. The van der Waals surface area contributed by atoms with Gasteiger partial charge in [0.1, 0.15) is 21.9 Å². The molecule has 1 atom stereocenters. The minimum absolute atomic E-state index is 0.305. The molecule has 1 aliphatic heterocycles. The Morgan fingerprint density at radius 3 is 2.83 bits per heavy atom. The van der Waals surface area contributed by atoms with Crippen LogP contribution in [0.1, 0.15) is 36.4 Å². The predicted octanol–water partition coefficient (Wildman–Crippen LogP) is 3.85. The van der Waals surface area contributed by atoms with Crippen molar-refractivity contribution in [3.63, 3.8) is 0 Å². The summed E-state index contributed by atoms with van der Waals surface area (Å²) in [6.07, 6.45) is 0.694. The molecule has 0 fully saturated rings. The number of nitrogens with two attached hydrogens (primary N) is 1. The lowest BCUT2D eigenvalue weighted by molar-refractivity contribution is 0.0668. The smallest absolute Gasteiger partial charge is 0.281 e. The molecule has 1 aromatic heterocycles. The molecule has 126 valence electrons. The van der Waals surface area contributed by atoms with Crippen LogP contribution in [0.3, 0.4) is 0 Å². The fourth-order valence-electron chi connectivity index (χ4n) is 2.54. The van der Waals surface area contributed by atoms with Gasteiger partial charge in [-0.15, -0.1) is 5.10 Å². The van der Waals surface area contributed by atoms with Crippen LogP contribution >= 0.6 is 23.4 Å². The molecule has 0 aliphatic carbocycles. The highest BCUT2D eigenvalue weighted by molar-refractivity contribution is 8.15. The zero-order valence-electron chi connectivity index (χ0n) is 13.5. The van der Waals surface area contributed by atoms with E-state index < -0.39 is 4.87 Å². The molecule has 8 heteroatoms. The van der Waals surface area contributed by atoms with Crippen LogP contribution in [0.4, 0.5) is 0 Å². The van der Waals surface area contributed by atoms with Gasteiger partial charge in [0.25, 0.3) is 5.91 Å². The van der Waals surface area contributed by atoms with Crippen molar-refractivity contribution in [2.45, 2.75) is 32.1 Å². The van der Waals surface area contributed by atoms with E-state index in [0.29, 0.717) is 39.2 Å². The maximum Gasteiger partial charge on any atom is 0.281 e. The number of halogens is 1. The van der Waals surface area contributed by atoms with Gasteiger partial charge in [0.2, 0.25) is 0 Å². The Morgan fingerprint density at radius 2 is 2.17 bits per heavy atom. The average molecular weight is 365 g/mol. The number of aryl methyl sites for hydroxylation is 1. The van der Waals surface area contributed by atoms with Crippen molar-refractivity contribution in [1.82, 2.24) is 10.2 Å². The second-order valence-electron chi connectivity index (χ2n) is 5.63. The Balaban J connectivity index is 2.09. The lowest BCUT2D eigenvalue weighted by atomic mass is 10.0. The number of hydrazone groups is 1. The van der Waals surface area contributed by atoms with Gasteiger partial charge < -0.3 is 10.3 Å². The molecule has 24 heavy (non-hydrogen) atoms. The third-order valence-corrected chi connectivity index (χ3v) is 5.55. The van der Waals surface area contributed by atoms with Crippen molar-refractivity contribution in [2.75, 3.05) is 0 Å². The number of nitrogens with zero attached hydrogens (tertiary/aromatic N) is 3. The van der Waals surface area contributed by atoms with Gasteiger partial charge in [0.05, 0.1) is 5.02 Å². The highest BCUT2D eigenvalue weighted by Gasteiger charge is 2.43. The van der Waals surface area contributed by atoms with Gasteiger partial charge in [-0.25, -0.2) is 5.01 Å². The van der Waals surface area contributed by atoms with Crippen LogP contribution in [0.5, 0.6) is 0 Å². The number of carbonyl (C=O) groups is 1. The second kappa shape index (κ2) is 6.14. The van der Waals surface area contributed by atoms with Crippen LogP contribution in [0, 0.1) is 6.92 Å². The van der Waals surface area contributed by atoms with Crippen molar-refractivity contribution in [2.24, 2.45) is 10.8 Å². The van der Waals surface area contributed by atoms with Gasteiger partial charge in [-0.3, -0.25) is 4.79 Å². The number of aromatic nitrogens is 1. The summed E-state index contributed by atoms with van der Waals surface area (Å²) < 4.78 is 5.27. The monoisotopic (exact) mass is 364 g/mol. The molecule has 6 nitrogen and oxygen atoms in total. The van der Waals surface area contributed by atoms with Crippen LogP contribution in [0.2, 0.25) is 5.02 Å². The summed E-state index contributed by atoms with van der Waals surface area (Å²) in [5.41, 5.74) is 7.24. The van der Waals surface area contributed by atoms with Gasteiger partial charge in [-0.05, 0) is 26.3 Å². The van der Waals surface area contributed by atoms with E-state index in [1.165, 1.54) is 16.8 Å². The Labute approximate surface area is 149 Å². The molecule has 1 aromatic carbocycles. The van der Waals surface area contributed by atoms with E-state index in [0.717, 1.165) is 0 Å². The van der Waals surface area contributed by atoms with E-state index in [1.54, 1.807) is 19.1 Å². The molecule has 2 heterocycles. The molecule has 0 unspecified atom stereocenters. The van der Waals surface area contributed by atoms with Gasteiger partial charge in [0.15, 0.2) is 5.17 Å². The molecule has 0 saturated heterocycles. The standard InChI is InChI=1S/C16H17ClN4O2S/c1-4-16(3)21(19-15(18)24-16)14(22)12-9(2)23-20-13(12)10-7-5-6-8-11(10)17/h5-8H,4H2,1-3H3,(H2,18,19)/t16-/m1/s1. The van der Waals surface area contributed by atoms with Gasteiger partial charge >= 0.3 is 0 Å². The van der Waals surface area contributed by atoms with Crippen molar-refractivity contribution < 1.29 is 9.32 Å². The van der Waals surface area contributed by atoms with Gasteiger partial charge in [-0.2, -0.15) is 0 Å². The summed E-state index contributed by atoms with van der Waals surface area (Å²) in [5.74, 6) is 0.111. The van der Waals surface area contributed by atoms with Crippen LogP contribution in [-0.4, -0.2) is 26.1 Å². The maximum atomic E-state index is 13.2. The molecule has 0 bridgehead atoms. The summed E-state index contributed by atoms with van der Waals surface area (Å²) in [7, 11) is 0. The first-order valence-electron chi connectivity index (χ1n) is 7.46. The molecule has 2 N–H and O–H groups in total. The van der Waals surface area contributed by atoms with E-state index in [1.807, 2.05) is 26.0 Å². The lowest BCUT2D eigenvalue weighted by Crippen LogP contribution is -2.41. The zero-order chi connectivity index (χ0) is 17.5. The highest BCUT2D eigenvalue weighted by Crippen LogP contribution is 2.41. The first kappa shape index (κ1) is 16.9. The third-order valence-electron chi connectivity index (χ3n) is 4.02. The fraction of sp³-hybridized carbons (Fsp3) is 0.312. The molecule has 0 radical (unpaired) electrons. The number of thioether (sulfide) groups is 1. The summed E-state index contributed by atoms with van der Waals surface area (Å²) in [5, 5.41) is 10.5. The van der Waals surface area contributed by atoms with Crippen LogP contribution in [0.15, 0.2) is 33.9 Å². The molecule has 0 saturated carbocycles. The largest absolute Gasteiger partial charge is 0.377 e. The van der Waals surface area contributed by atoms with Crippen molar-refractivity contribution >= 4 is 34.4 Å². The maximum absolute atomic E-state index is 13.2. The van der Waals surface area contributed by atoms with E-state index in [9.17, 15) is 4.79 Å². The van der Waals surface area contributed by atoms with Gasteiger partial charge in [-0.1, -0.05) is 53.6 Å². The first-order chi connectivity index (χ1) is 11.4. The number of benzene rings is 1. The van der Waals surface area contributed by atoms with Gasteiger partial charge in [0, 0.05) is 5.56 Å². The van der Waals surface area contributed by atoms with Crippen LogP contribution < -0.4 is 5.73 Å². The third kappa shape index (κ3) is 2.67. The summed E-state index contributed by atoms with van der Waals surface area (Å²) >= 11 is 7.62. The quantitative estimate of drug-likeness (QED) is 0.894. The number of amides is 1. The molecule has 2 aromatic rings. The molecular weight excluding hydrogens is 348 g/mol. The highest BCUT2D eigenvalue weighted by atomic mass is 35.5. The minimum atomic E-state index is -0.539. The summed E-state index contributed by atoms with van der Waals surface area (Å²) in [4.78, 5) is 12.6. The Bertz CT molecular complexity index is 835. The predicted molar refractivity (Wildman–Crippen MR) is 95.8 cm³/mol. The Hall–Kier alpha value is -1.99. The van der Waals surface area contributed by atoms with E-state index in [2.05, 4.69) is 10.3 Å². The molecule has 3 rings (SSSR count). The van der Waals surface area contributed by atoms with Crippen LogP contribution in [0.25, 0.3) is 11.3 Å². The SMILES string of the molecule is CC[C@@]1(C)SC(N)=NN1C(=O)c1c(-c2ccccc2Cl)noc1C. The molecule has 1 amide bonds. The molecular formula is C16H17ClN4O2S.